The predicted molar refractivity (Wildman–Crippen MR) is 344 cm³/mol. The van der Waals surface area contributed by atoms with Gasteiger partial charge in [-0.15, -0.1) is 0 Å². The van der Waals surface area contributed by atoms with Crippen LogP contribution in [0, 0.1) is 0 Å². The maximum atomic E-state index is 12.9. The van der Waals surface area contributed by atoms with Crippen molar-refractivity contribution in [3.63, 3.8) is 0 Å². The molecule has 0 N–H and O–H groups in total. The molecule has 0 rings (SSSR count). The maximum Gasteiger partial charge on any atom is 0.306 e. The summed E-state index contributed by atoms with van der Waals surface area (Å²) < 4.78 is 17.0. The zero-order chi connectivity index (χ0) is 57.1. The van der Waals surface area contributed by atoms with Gasteiger partial charge < -0.3 is 14.2 Å². The summed E-state index contributed by atoms with van der Waals surface area (Å²) in [4.78, 5) is 38.4. The number of rotatable bonds is 66. The summed E-state index contributed by atoms with van der Waals surface area (Å²) in [6.07, 6.45) is 84.7. The topological polar surface area (TPSA) is 78.9 Å². The average Bonchev–Trinajstić information content (AvgIpc) is 3.45. The van der Waals surface area contributed by atoms with Crippen LogP contribution in [0.1, 0.15) is 393 Å². The van der Waals surface area contributed by atoms with Crippen molar-refractivity contribution >= 4 is 17.9 Å². The molecule has 0 aliphatic heterocycles. The summed E-state index contributed by atoms with van der Waals surface area (Å²) in [6, 6.07) is 0. The van der Waals surface area contributed by atoms with Gasteiger partial charge in [-0.05, 0) is 70.6 Å². The van der Waals surface area contributed by atoms with Crippen molar-refractivity contribution in [2.24, 2.45) is 0 Å². The average molecular weight is 1110 g/mol. The monoisotopic (exact) mass is 1110 g/mol. The van der Waals surface area contributed by atoms with Crippen LogP contribution in [0.2, 0.25) is 0 Å². The van der Waals surface area contributed by atoms with Crippen LogP contribution in [-0.2, 0) is 28.6 Å². The second kappa shape index (κ2) is 68.1. The number of allylic oxidation sites excluding steroid dienone is 6. The van der Waals surface area contributed by atoms with E-state index < -0.39 is 6.10 Å². The molecule has 6 nitrogen and oxygen atoms in total. The van der Waals surface area contributed by atoms with Gasteiger partial charge in [0.15, 0.2) is 6.10 Å². The molecule has 0 aliphatic carbocycles. The molecule has 0 aromatic carbocycles. The fraction of sp³-hybridized carbons (Fsp3) is 0.877. The van der Waals surface area contributed by atoms with Gasteiger partial charge in [0.25, 0.3) is 0 Å². The van der Waals surface area contributed by atoms with E-state index in [0.717, 1.165) is 70.6 Å². The Hall–Kier alpha value is -2.37. The molecule has 0 spiro atoms. The minimum Gasteiger partial charge on any atom is -0.462 e. The molecule has 0 saturated carbocycles. The van der Waals surface area contributed by atoms with Crippen LogP contribution in [0.4, 0.5) is 0 Å². The first-order chi connectivity index (χ1) is 39.0. The first kappa shape index (κ1) is 76.6. The third-order valence-corrected chi connectivity index (χ3v) is 16.1. The number of ether oxygens (including phenoxy) is 3. The largest absolute Gasteiger partial charge is 0.462 e. The minimum atomic E-state index is -0.775. The Morgan fingerprint density at radius 1 is 0.253 bits per heavy atom. The second-order valence-corrected chi connectivity index (χ2v) is 24.1. The summed E-state index contributed by atoms with van der Waals surface area (Å²) in [6.45, 7) is 6.65. The van der Waals surface area contributed by atoms with E-state index in [1.165, 1.54) is 283 Å². The minimum absolute atomic E-state index is 0.0709. The SMILES string of the molecule is CCCC/C=C\CCCCCCCC(=O)OCC(COC(=O)CCCCCCCCCCCCCCCCCCCCCCCCCCCCC)OC(=O)CCCCCCCCCCCCC/C=C\C/C=C\CCCCCCC. The molecule has 1 atom stereocenters. The summed E-state index contributed by atoms with van der Waals surface area (Å²) in [5.41, 5.74) is 0. The van der Waals surface area contributed by atoms with E-state index in [4.69, 9.17) is 14.2 Å². The first-order valence-electron chi connectivity index (χ1n) is 35.5. The molecular formula is C73H136O6. The fourth-order valence-electron chi connectivity index (χ4n) is 10.8. The Morgan fingerprint density at radius 3 is 0.747 bits per heavy atom. The zero-order valence-electron chi connectivity index (χ0n) is 53.4. The summed E-state index contributed by atoms with van der Waals surface area (Å²) in [5.74, 6) is -0.857. The van der Waals surface area contributed by atoms with Crippen LogP contribution in [0.3, 0.4) is 0 Å². The molecular weight excluding hydrogens is 973 g/mol. The van der Waals surface area contributed by atoms with Gasteiger partial charge in [0.05, 0.1) is 0 Å². The lowest BCUT2D eigenvalue weighted by Gasteiger charge is -2.18. The quantitative estimate of drug-likeness (QED) is 0.0261. The molecule has 0 saturated heterocycles. The van der Waals surface area contributed by atoms with E-state index in [2.05, 4.69) is 57.2 Å². The molecule has 0 aromatic heterocycles. The highest BCUT2D eigenvalue weighted by atomic mass is 16.6. The summed E-state index contributed by atoms with van der Waals surface area (Å²) >= 11 is 0. The Kier molecular flexibility index (Phi) is 66.1. The molecule has 0 amide bonds. The molecule has 0 heterocycles. The van der Waals surface area contributed by atoms with Gasteiger partial charge in [-0.2, -0.15) is 0 Å². The lowest BCUT2D eigenvalue weighted by atomic mass is 10.0. The van der Waals surface area contributed by atoms with E-state index in [1.807, 2.05) is 0 Å². The first-order valence-corrected chi connectivity index (χ1v) is 35.5. The summed E-state index contributed by atoms with van der Waals surface area (Å²) in [7, 11) is 0. The van der Waals surface area contributed by atoms with Gasteiger partial charge >= 0.3 is 17.9 Å². The highest BCUT2D eigenvalue weighted by molar-refractivity contribution is 5.71. The standard InChI is InChI=1S/C73H136O6/c1-4-7-10-13-16-19-22-24-26-28-30-32-34-35-36-37-39-40-42-44-46-48-51-54-57-60-63-66-72(75)78-69-70(68-77-71(74)65-62-59-56-53-50-21-18-15-12-9-6-3)79-73(76)67-64-61-58-55-52-49-47-45-43-41-38-33-31-29-27-25-23-20-17-14-11-8-5-2/h15,18,23,25,29,31,70H,4-14,16-17,19-22,24,26-28,30,32-69H2,1-3H3/b18-15-,25-23-,31-29-. The van der Waals surface area contributed by atoms with Gasteiger partial charge in [-0.3, -0.25) is 14.4 Å². The van der Waals surface area contributed by atoms with E-state index >= 15 is 0 Å². The van der Waals surface area contributed by atoms with Crippen LogP contribution in [-0.4, -0.2) is 37.2 Å². The Bertz CT molecular complexity index is 1320. The Morgan fingerprint density at radius 2 is 0.468 bits per heavy atom. The number of hydrogen-bond donors (Lipinski definition) is 0. The lowest BCUT2D eigenvalue weighted by Crippen LogP contribution is -2.30. The fourth-order valence-corrected chi connectivity index (χ4v) is 10.8. The van der Waals surface area contributed by atoms with Crippen LogP contribution in [0.5, 0.6) is 0 Å². The number of hydrogen-bond acceptors (Lipinski definition) is 6. The van der Waals surface area contributed by atoms with E-state index in [9.17, 15) is 14.4 Å². The molecule has 0 radical (unpaired) electrons. The molecule has 0 aliphatic rings. The van der Waals surface area contributed by atoms with Crippen LogP contribution in [0.15, 0.2) is 36.5 Å². The zero-order valence-corrected chi connectivity index (χ0v) is 53.4. The van der Waals surface area contributed by atoms with Crippen molar-refractivity contribution in [3.05, 3.63) is 36.5 Å². The van der Waals surface area contributed by atoms with Crippen molar-refractivity contribution in [3.8, 4) is 0 Å². The molecule has 79 heavy (non-hydrogen) atoms. The van der Waals surface area contributed by atoms with E-state index in [0.29, 0.717) is 19.3 Å². The third kappa shape index (κ3) is 66.3. The molecule has 0 fully saturated rings. The number of esters is 3. The Labute approximate surface area is 493 Å². The van der Waals surface area contributed by atoms with Crippen molar-refractivity contribution in [2.45, 2.75) is 399 Å². The van der Waals surface area contributed by atoms with Gasteiger partial charge in [0.1, 0.15) is 13.2 Å². The molecule has 0 aromatic rings. The van der Waals surface area contributed by atoms with Gasteiger partial charge in [-0.1, -0.05) is 340 Å². The molecule has 1 unspecified atom stereocenters. The van der Waals surface area contributed by atoms with E-state index in [-0.39, 0.29) is 31.1 Å². The normalized spacial score (nSPS) is 12.2. The van der Waals surface area contributed by atoms with E-state index in [1.54, 1.807) is 0 Å². The second-order valence-electron chi connectivity index (χ2n) is 24.1. The smallest absolute Gasteiger partial charge is 0.306 e. The summed E-state index contributed by atoms with van der Waals surface area (Å²) in [5, 5.41) is 0. The van der Waals surface area contributed by atoms with Crippen LogP contribution < -0.4 is 0 Å². The molecule has 0 bridgehead atoms. The predicted octanol–water partition coefficient (Wildman–Crippen LogP) is 24.3. The number of unbranched alkanes of at least 4 members (excludes halogenated alkanes) is 49. The molecule has 6 heteroatoms. The maximum absolute atomic E-state index is 12.9. The highest BCUT2D eigenvalue weighted by Gasteiger charge is 2.19. The molecule has 464 valence electrons. The van der Waals surface area contributed by atoms with Gasteiger partial charge in [-0.25, -0.2) is 0 Å². The van der Waals surface area contributed by atoms with Crippen LogP contribution in [0.25, 0.3) is 0 Å². The van der Waals surface area contributed by atoms with Crippen molar-refractivity contribution in [2.75, 3.05) is 13.2 Å². The Balaban J connectivity index is 4.16. The van der Waals surface area contributed by atoms with Crippen LogP contribution >= 0.6 is 0 Å². The van der Waals surface area contributed by atoms with Crippen molar-refractivity contribution in [1.82, 2.24) is 0 Å². The van der Waals surface area contributed by atoms with Gasteiger partial charge in [0.2, 0.25) is 0 Å². The lowest BCUT2D eigenvalue weighted by molar-refractivity contribution is -0.167. The van der Waals surface area contributed by atoms with Gasteiger partial charge in [0, 0.05) is 19.3 Å². The van der Waals surface area contributed by atoms with Crippen molar-refractivity contribution in [1.29, 1.82) is 0 Å². The third-order valence-electron chi connectivity index (χ3n) is 16.1. The highest BCUT2D eigenvalue weighted by Crippen LogP contribution is 2.19. The number of carbonyl (C=O) groups excluding carboxylic acids is 3. The number of carbonyl (C=O) groups is 3. The van der Waals surface area contributed by atoms with Crippen molar-refractivity contribution < 1.29 is 28.6 Å².